The van der Waals surface area contributed by atoms with Crippen molar-refractivity contribution in [3.05, 3.63) is 21.4 Å². The van der Waals surface area contributed by atoms with Crippen LogP contribution in [0.15, 0.2) is 6.07 Å². The van der Waals surface area contributed by atoms with Crippen molar-refractivity contribution >= 4 is 11.3 Å². The predicted molar refractivity (Wildman–Crippen MR) is 77.7 cm³/mol. The summed E-state index contributed by atoms with van der Waals surface area (Å²) in [6.45, 7) is 9.58. The normalized spacial score (nSPS) is 13.6. The summed E-state index contributed by atoms with van der Waals surface area (Å²) in [7, 11) is 2.21. The van der Waals surface area contributed by atoms with Crippen molar-refractivity contribution in [2.75, 3.05) is 13.6 Å². The zero-order valence-electron chi connectivity index (χ0n) is 11.8. The molecule has 0 saturated heterocycles. The van der Waals surface area contributed by atoms with Gasteiger partial charge in [-0.15, -0.1) is 11.3 Å². The Hall–Kier alpha value is -0.380. The van der Waals surface area contributed by atoms with Gasteiger partial charge in [0, 0.05) is 28.4 Å². The molecule has 1 aromatic heterocycles. The molecule has 0 aromatic carbocycles. The van der Waals surface area contributed by atoms with Gasteiger partial charge in [-0.25, -0.2) is 0 Å². The van der Waals surface area contributed by atoms with Gasteiger partial charge < -0.3 is 5.73 Å². The van der Waals surface area contributed by atoms with E-state index < -0.39 is 0 Å². The SMILES string of the molecule is CCC(CC)N(C)C(CN)c1cc(C)sc1C. The first-order valence-corrected chi connectivity index (χ1v) is 7.35. The molecule has 1 aromatic rings. The highest BCUT2D eigenvalue weighted by molar-refractivity contribution is 7.12. The molecule has 0 aliphatic rings. The van der Waals surface area contributed by atoms with Crippen LogP contribution in [0.2, 0.25) is 0 Å². The molecule has 1 unspecified atom stereocenters. The van der Waals surface area contributed by atoms with Gasteiger partial charge in [-0.3, -0.25) is 4.90 Å². The molecule has 0 saturated carbocycles. The Labute approximate surface area is 110 Å². The highest BCUT2D eigenvalue weighted by Gasteiger charge is 2.23. The molecule has 1 heterocycles. The summed E-state index contributed by atoms with van der Waals surface area (Å²) >= 11 is 1.88. The van der Waals surface area contributed by atoms with Crippen LogP contribution in [0.25, 0.3) is 0 Å². The third kappa shape index (κ3) is 3.30. The fourth-order valence-corrected chi connectivity index (χ4v) is 3.59. The zero-order chi connectivity index (χ0) is 13.0. The van der Waals surface area contributed by atoms with Gasteiger partial charge in [0.15, 0.2) is 0 Å². The molecule has 2 N–H and O–H groups in total. The first kappa shape index (κ1) is 14.7. The van der Waals surface area contributed by atoms with Gasteiger partial charge in [0.1, 0.15) is 0 Å². The second kappa shape index (κ2) is 6.53. The van der Waals surface area contributed by atoms with Crippen LogP contribution >= 0.6 is 11.3 Å². The number of thiophene rings is 1. The summed E-state index contributed by atoms with van der Waals surface area (Å²) < 4.78 is 0. The van der Waals surface area contributed by atoms with Crippen LogP contribution in [0.4, 0.5) is 0 Å². The molecular weight excluding hydrogens is 228 g/mol. The van der Waals surface area contributed by atoms with Gasteiger partial charge >= 0.3 is 0 Å². The second-order valence-corrected chi connectivity index (χ2v) is 6.22. The molecule has 98 valence electrons. The lowest BCUT2D eigenvalue weighted by molar-refractivity contribution is 0.167. The fourth-order valence-electron chi connectivity index (χ4n) is 2.61. The van der Waals surface area contributed by atoms with Crippen LogP contribution in [-0.4, -0.2) is 24.5 Å². The van der Waals surface area contributed by atoms with E-state index in [4.69, 9.17) is 5.73 Å². The third-order valence-electron chi connectivity index (χ3n) is 3.67. The second-order valence-electron chi connectivity index (χ2n) is 4.76. The number of nitrogens with zero attached hydrogens (tertiary/aromatic N) is 1. The van der Waals surface area contributed by atoms with Crippen LogP contribution in [0, 0.1) is 13.8 Å². The Kier molecular flexibility index (Phi) is 5.63. The maximum Gasteiger partial charge on any atom is 0.0481 e. The summed E-state index contributed by atoms with van der Waals surface area (Å²) in [5.74, 6) is 0. The molecular formula is C14H26N2S. The van der Waals surface area contributed by atoms with Gasteiger partial charge in [0.25, 0.3) is 0 Å². The smallest absolute Gasteiger partial charge is 0.0481 e. The molecule has 2 nitrogen and oxygen atoms in total. The summed E-state index contributed by atoms with van der Waals surface area (Å²) in [5.41, 5.74) is 7.41. The maximum atomic E-state index is 5.99. The topological polar surface area (TPSA) is 29.3 Å². The van der Waals surface area contributed by atoms with Crippen molar-refractivity contribution in [2.45, 2.75) is 52.6 Å². The zero-order valence-corrected chi connectivity index (χ0v) is 12.6. The van der Waals surface area contributed by atoms with E-state index >= 15 is 0 Å². The lowest BCUT2D eigenvalue weighted by Crippen LogP contribution is -2.38. The highest BCUT2D eigenvalue weighted by atomic mass is 32.1. The van der Waals surface area contributed by atoms with Crippen LogP contribution in [-0.2, 0) is 0 Å². The van der Waals surface area contributed by atoms with Gasteiger partial charge in [0.2, 0.25) is 0 Å². The first-order chi connectivity index (χ1) is 8.04. The Bertz CT molecular complexity index is 342. The number of nitrogens with two attached hydrogens (primary N) is 1. The van der Waals surface area contributed by atoms with Gasteiger partial charge in [-0.05, 0) is 45.4 Å². The number of aryl methyl sites for hydroxylation is 2. The van der Waals surface area contributed by atoms with Crippen molar-refractivity contribution in [1.82, 2.24) is 4.90 Å². The van der Waals surface area contributed by atoms with Crippen molar-refractivity contribution in [1.29, 1.82) is 0 Å². The molecule has 0 radical (unpaired) electrons. The van der Waals surface area contributed by atoms with E-state index in [9.17, 15) is 0 Å². The van der Waals surface area contributed by atoms with E-state index in [1.165, 1.54) is 28.2 Å². The number of hydrogen-bond acceptors (Lipinski definition) is 3. The first-order valence-electron chi connectivity index (χ1n) is 6.54. The van der Waals surface area contributed by atoms with Crippen molar-refractivity contribution in [2.24, 2.45) is 5.73 Å². The van der Waals surface area contributed by atoms with E-state index in [2.05, 4.69) is 45.7 Å². The van der Waals surface area contributed by atoms with E-state index in [1.807, 2.05) is 11.3 Å². The minimum atomic E-state index is 0.366. The van der Waals surface area contributed by atoms with Crippen molar-refractivity contribution in [3.8, 4) is 0 Å². The largest absolute Gasteiger partial charge is 0.329 e. The molecule has 0 aliphatic heterocycles. The Morgan fingerprint density at radius 2 is 1.88 bits per heavy atom. The molecule has 3 heteroatoms. The average Bonchev–Trinajstić information content (AvgIpc) is 2.61. The monoisotopic (exact) mass is 254 g/mol. The number of rotatable bonds is 6. The molecule has 0 amide bonds. The Morgan fingerprint density at radius 3 is 2.24 bits per heavy atom. The van der Waals surface area contributed by atoms with Crippen molar-refractivity contribution < 1.29 is 0 Å². The van der Waals surface area contributed by atoms with Gasteiger partial charge in [-0.2, -0.15) is 0 Å². The molecule has 0 spiro atoms. The summed E-state index contributed by atoms with van der Waals surface area (Å²) in [4.78, 5) is 5.25. The quantitative estimate of drug-likeness (QED) is 0.842. The minimum Gasteiger partial charge on any atom is -0.329 e. The fraction of sp³-hybridized carbons (Fsp3) is 0.714. The number of hydrogen-bond donors (Lipinski definition) is 1. The third-order valence-corrected chi connectivity index (χ3v) is 4.65. The summed E-state index contributed by atoms with van der Waals surface area (Å²) in [5, 5.41) is 0. The van der Waals surface area contributed by atoms with E-state index in [0.717, 1.165) is 0 Å². The Balaban J connectivity index is 2.94. The lowest BCUT2D eigenvalue weighted by atomic mass is 10.0. The predicted octanol–water partition coefficient (Wildman–Crippen LogP) is 3.49. The van der Waals surface area contributed by atoms with E-state index in [1.54, 1.807) is 0 Å². The molecule has 1 atom stereocenters. The van der Waals surface area contributed by atoms with Gasteiger partial charge in [0.05, 0.1) is 0 Å². The molecule has 0 bridgehead atoms. The lowest BCUT2D eigenvalue weighted by Gasteiger charge is -2.33. The van der Waals surface area contributed by atoms with E-state index in [-0.39, 0.29) is 0 Å². The average molecular weight is 254 g/mol. The summed E-state index contributed by atoms with van der Waals surface area (Å²) in [6, 6.07) is 3.30. The van der Waals surface area contributed by atoms with E-state index in [0.29, 0.717) is 18.6 Å². The molecule has 17 heavy (non-hydrogen) atoms. The van der Waals surface area contributed by atoms with Crippen LogP contribution in [0.1, 0.15) is 48.0 Å². The van der Waals surface area contributed by atoms with Crippen molar-refractivity contribution in [3.63, 3.8) is 0 Å². The minimum absolute atomic E-state index is 0.366. The van der Waals surface area contributed by atoms with Crippen LogP contribution in [0.5, 0.6) is 0 Å². The maximum absolute atomic E-state index is 5.99. The molecule has 1 rings (SSSR count). The molecule has 0 fully saturated rings. The highest BCUT2D eigenvalue weighted by Crippen LogP contribution is 2.30. The van der Waals surface area contributed by atoms with Gasteiger partial charge in [-0.1, -0.05) is 13.8 Å². The standard InChI is InChI=1S/C14H26N2S/c1-6-12(7-2)16(5)14(9-15)13-8-10(3)17-11(13)4/h8,12,14H,6-7,9,15H2,1-5H3. The summed E-state index contributed by atoms with van der Waals surface area (Å²) in [6.07, 6.45) is 2.37. The Morgan fingerprint density at radius 1 is 1.29 bits per heavy atom. The number of likely N-dealkylation sites (N-methyl/N-ethyl adjacent to an activating group) is 1. The molecule has 0 aliphatic carbocycles. The van der Waals surface area contributed by atoms with Crippen LogP contribution < -0.4 is 5.73 Å². The van der Waals surface area contributed by atoms with Crippen LogP contribution in [0.3, 0.4) is 0 Å².